The van der Waals surface area contributed by atoms with Gasteiger partial charge in [0, 0.05) is 0 Å². The van der Waals surface area contributed by atoms with Crippen molar-refractivity contribution in [2.24, 2.45) is 0 Å². The Morgan fingerprint density at radius 2 is 1.50 bits per heavy atom. The molecule has 0 saturated heterocycles. The first kappa shape index (κ1) is 14.1. The van der Waals surface area contributed by atoms with E-state index < -0.39 is 37.6 Å². The van der Waals surface area contributed by atoms with Crippen molar-refractivity contribution in [2.45, 2.75) is 16.7 Å². The lowest BCUT2D eigenvalue weighted by Gasteiger charge is -2.12. The minimum absolute atomic E-state index is 0.0663. The van der Waals surface area contributed by atoms with Crippen molar-refractivity contribution in [2.75, 3.05) is 0 Å². The number of Topliss-reactive ketones (excluding diaryl/α,β-unsaturated/α-hetero) is 1. The third kappa shape index (κ3) is 2.25. The molecule has 104 valence electrons. The summed E-state index contributed by atoms with van der Waals surface area (Å²) >= 11 is 0. The van der Waals surface area contributed by atoms with E-state index in [1.807, 2.05) is 0 Å². The molecule has 0 aliphatic carbocycles. The van der Waals surface area contributed by atoms with Gasteiger partial charge >= 0.3 is 0 Å². The number of aromatic hydroxyl groups is 2. The van der Waals surface area contributed by atoms with Crippen LogP contribution in [0.15, 0.2) is 52.3 Å². The fraction of sp³-hybridized carbons (Fsp3) is 0.0714. The van der Waals surface area contributed by atoms with Gasteiger partial charge in [0.2, 0.25) is 9.84 Å². The molecule has 0 heterocycles. The van der Waals surface area contributed by atoms with Crippen molar-refractivity contribution < 1.29 is 23.4 Å². The largest absolute Gasteiger partial charge is 0.507 e. The van der Waals surface area contributed by atoms with Gasteiger partial charge in [-0.25, -0.2) is 8.42 Å². The van der Waals surface area contributed by atoms with Crippen LogP contribution in [0.25, 0.3) is 0 Å². The number of carbonyl (C=O) groups excluding carboxylic acids is 1. The summed E-state index contributed by atoms with van der Waals surface area (Å²) in [5.41, 5.74) is -0.408. The molecule has 0 bridgehead atoms. The van der Waals surface area contributed by atoms with Crippen LogP contribution in [-0.4, -0.2) is 24.4 Å². The minimum Gasteiger partial charge on any atom is -0.507 e. The van der Waals surface area contributed by atoms with Crippen molar-refractivity contribution in [1.29, 1.82) is 0 Å². The number of hydrogen-bond donors (Lipinski definition) is 2. The number of carbonyl (C=O) groups is 1. The zero-order valence-corrected chi connectivity index (χ0v) is 11.4. The van der Waals surface area contributed by atoms with Gasteiger partial charge in [0.1, 0.15) is 16.4 Å². The molecule has 2 rings (SSSR count). The first-order valence-electron chi connectivity index (χ1n) is 5.71. The summed E-state index contributed by atoms with van der Waals surface area (Å²) in [5.74, 6) is -1.70. The molecule has 0 aliphatic rings. The average Bonchev–Trinajstić information content (AvgIpc) is 2.41. The van der Waals surface area contributed by atoms with E-state index in [4.69, 9.17) is 0 Å². The van der Waals surface area contributed by atoms with Crippen LogP contribution in [0.3, 0.4) is 0 Å². The van der Waals surface area contributed by atoms with Crippen LogP contribution in [0.1, 0.15) is 17.3 Å². The van der Waals surface area contributed by atoms with Gasteiger partial charge in [-0.1, -0.05) is 18.2 Å². The number of phenolic OH excluding ortho intramolecular Hbond substituents is 2. The Morgan fingerprint density at radius 1 is 0.950 bits per heavy atom. The molecule has 6 heteroatoms. The summed E-state index contributed by atoms with van der Waals surface area (Å²) in [7, 11) is -4.10. The van der Waals surface area contributed by atoms with Crippen LogP contribution >= 0.6 is 0 Å². The Hall–Kier alpha value is -2.34. The Kier molecular flexibility index (Phi) is 3.50. The summed E-state index contributed by atoms with van der Waals surface area (Å²) in [5, 5.41) is 19.5. The highest BCUT2D eigenvalue weighted by Crippen LogP contribution is 2.36. The monoisotopic (exact) mass is 292 g/mol. The van der Waals surface area contributed by atoms with Crippen LogP contribution in [0.5, 0.6) is 11.5 Å². The van der Waals surface area contributed by atoms with Gasteiger partial charge in [-0.15, -0.1) is 0 Å². The summed E-state index contributed by atoms with van der Waals surface area (Å²) < 4.78 is 25.0. The smallest absolute Gasteiger partial charge is 0.211 e. The van der Waals surface area contributed by atoms with E-state index in [1.54, 1.807) is 6.07 Å². The number of phenols is 2. The summed E-state index contributed by atoms with van der Waals surface area (Å²) in [6, 6.07) is 9.52. The standard InChI is InChI=1S/C14H12O5S/c1-9(15)13-11(16)7-8-12(17)14(13)20(18,19)10-5-3-2-4-6-10/h2-8,16-17H,1H3. The van der Waals surface area contributed by atoms with Gasteiger partial charge in [0.05, 0.1) is 10.5 Å². The molecule has 0 saturated carbocycles. The molecule has 2 N–H and O–H groups in total. The molecule has 0 atom stereocenters. The molecule has 2 aromatic carbocycles. The molecule has 0 radical (unpaired) electrons. The van der Waals surface area contributed by atoms with Crippen molar-refractivity contribution in [3.63, 3.8) is 0 Å². The fourth-order valence-corrected chi connectivity index (χ4v) is 3.50. The van der Waals surface area contributed by atoms with E-state index in [2.05, 4.69) is 0 Å². The topological polar surface area (TPSA) is 91.7 Å². The SMILES string of the molecule is CC(=O)c1c(O)ccc(O)c1S(=O)(=O)c1ccccc1. The average molecular weight is 292 g/mol. The lowest BCUT2D eigenvalue weighted by Crippen LogP contribution is -2.09. The fourth-order valence-electron chi connectivity index (χ4n) is 1.89. The van der Waals surface area contributed by atoms with Crippen molar-refractivity contribution in [3.8, 4) is 11.5 Å². The molecule has 0 spiro atoms. The van der Waals surface area contributed by atoms with Crippen molar-refractivity contribution in [1.82, 2.24) is 0 Å². The number of rotatable bonds is 3. The van der Waals surface area contributed by atoms with Crippen LogP contribution in [0, 0.1) is 0 Å². The Morgan fingerprint density at radius 3 is 2.05 bits per heavy atom. The molecular formula is C14H12O5S. The molecule has 0 aliphatic heterocycles. The maximum atomic E-state index is 12.5. The molecule has 0 unspecified atom stereocenters. The van der Waals surface area contributed by atoms with E-state index in [9.17, 15) is 23.4 Å². The first-order valence-corrected chi connectivity index (χ1v) is 7.20. The summed E-state index contributed by atoms with van der Waals surface area (Å²) in [4.78, 5) is 10.9. The highest BCUT2D eigenvalue weighted by Gasteiger charge is 2.29. The van der Waals surface area contributed by atoms with Crippen molar-refractivity contribution >= 4 is 15.6 Å². The van der Waals surface area contributed by atoms with Crippen LogP contribution < -0.4 is 0 Å². The highest BCUT2D eigenvalue weighted by molar-refractivity contribution is 7.91. The van der Waals surface area contributed by atoms with E-state index >= 15 is 0 Å². The van der Waals surface area contributed by atoms with Crippen LogP contribution in [0.4, 0.5) is 0 Å². The van der Waals surface area contributed by atoms with Gasteiger partial charge in [0.15, 0.2) is 5.78 Å². The van der Waals surface area contributed by atoms with E-state index in [0.717, 1.165) is 19.1 Å². The summed E-state index contributed by atoms with van der Waals surface area (Å²) in [6.45, 7) is 1.12. The Bertz CT molecular complexity index is 764. The van der Waals surface area contributed by atoms with E-state index in [0.29, 0.717) is 0 Å². The van der Waals surface area contributed by atoms with Crippen LogP contribution in [0.2, 0.25) is 0 Å². The number of sulfone groups is 1. The van der Waals surface area contributed by atoms with Gasteiger partial charge in [-0.3, -0.25) is 4.79 Å². The molecular weight excluding hydrogens is 280 g/mol. The molecule has 5 nitrogen and oxygen atoms in total. The lowest BCUT2D eigenvalue weighted by molar-refractivity contribution is 0.101. The van der Waals surface area contributed by atoms with E-state index in [1.165, 1.54) is 24.3 Å². The van der Waals surface area contributed by atoms with Gasteiger partial charge in [-0.05, 0) is 31.2 Å². The minimum atomic E-state index is -4.10. The number of ketones is 1. The third-order valence-electron chi connectivity index (χ3n) is 2.79. The van der Waals surface area contributed by atoms with Gasteiger partial charge in [-0.2, -0.15) is 0 Å². The van der Waals surface area contributed by atoms with Gasteiger partial charge in [0.25, 0.3) is 0 Å². The second-order valence-corrected chi connectivity index (χ2v) is 6.07. The molecule has 20 heavy (non-hydrogen) atoms. The zero-order valence-electron chi connectivity index (χ0n) is 10.6. The second kappa shape index (κ2) is 4.97. The quantitative estimate of drug-likeness (QED) is 0.668. The molecule has 0 aromatic heterocycles. The maximum absolute atomic E-state index is 12.5. The van der Waals surface area contributed by atoms with Crippen LogP contribution in [-0.2, 0) is 9.84 Å². The molecule has 0 amide bonds. The first-order chi connectivity index (χ1) is 9.35. The van der Waals surface area contributed by atoms with Gasteiger partial charge < -0.3 is 10.2 Å². The number of benzene rings is 2. The number of hydrogen-bond acceptors (Lipinski definition) is 5. The Labute approximate surface area is 116 Å². The zero-order chi connectivity index (χ0) is 14.9. The predicted octanol–water partition coefficient (Wildman–Crippen LogP) is 2.13. The molecule has 0 fully saturated rings. The lowest BCUT2D eigenvalue weighted by atomic mass is 10.1. The molecule has 2 aromatic rings. The normalized spacial score (nSPS) is 11.2. The third-order valence-corrected chi connectivity index (χ3v) is 4.63. The van der Waals surface area contributed by atoms with E-state index in [-0.39, 0.29) is 4.90 Å². The second-order valence-electron chi connectivity index (χ2n) is 4.18. The van der Waals surface area contributed by atoms with Crippen molar-refractivity contribution in [3.05, 3.63) is 48.0 Å². The highest BCUT2D eigenvalue weighted by atomic mass is 32.2. The maximum Gasteiger partial charge on any atom is 0.211 e. The summed E-state index contributed by atoms with van der Waals surface area (Å²) in [6.07, 6.45) is 0. The Balaban J connectivity index is 2.83. The predicted molar refractivity (Wildman–Crippen MR) is 71.7 cm³/mol.